The van der Waals surface area contributed by atoms with Crippen LogP contribution < -0.4 is 14.8 Å². The van der Waals surface area contributed by atoms with Crippen molar-refractivity contribution in [3.05, 3.63) is 59.7 Å². The van der Waals surface area contributed by atoms with Crippen molar-refractivity contribution < 1.29 is 25.0 Å². The van der Waals surface area contributed by atoms with E-state index in [0.717, 1.165) is 24.6 Å². The van der Waals surface area contributed by atoms with E-state index in [1.54, 1.807) is 0 Å². The molecular weight excluding hydrogens is 294 g/mol. The Kier molecular flexibility index (Phi) is 7.39. The number of aliphatic hydroxyl groups excluding tert-OH is 2. The lowest BCUT2D eigenvalue weighted by Gasteiger charge is -2.07. The largest absolute Gasteiger partial charge is 0.491 e. The maximum atomic E-state index is 8.72. The number of rotatable bonds is 10. The van der Waals surface area contributed by atoms with E-state index in [1.165, 1.54) is 11.1 Å². The predicted octanol–water partition coefficient (Wildman–Crippen LogP) is 0.692. The van der Waals surface area contributed by atoms with Gasteiger partial charge in [-0.3, -0.25) is 0 Å². The smallest absolute Gasteiger partial charge is 0.119 e. The lowest BCUT2D eigenvalue weighted by Crippen LogP contribution is -2.80. The monoisotopic (exact) mass is 318 g/mol. The third-order valence-electron chi connectivity index (χ3n) is 3.33. The molecule has 0 bridgehead atoms. The first kappa shape index (κ1) is 17.3. The van der Waals surface area contributed by atoms with E-state index in [2.05, 4.69) is 5.32 Å². The molecule has 0 aromatic heterocycles. The van der Waals surface area contributed by atoms with Gasteiger partial charge < -0.3 is 25.0 Å². The molecule has 2 aromatic carbocycles. The molecular formula is C18H24NO4+. The van der Waals surface area contributed by atoms with Gasteiger partial charge in [-0.25, -0.2) is 0 Å². The molecule has 23 heavy (non-hydrogen) atoms. The number of ether oxygens (including phenoxy) is 2. The Morgan fingerprint density at radius 1 is 0.652 bits per heavy atom. The third-order valence-corrected chi connectivity index (χ3v) is 3.33. The van der Waals surface area contributed by atoms with Crippen LogP contribution in [0.3, 0.4) is 0 Å². The molecule has 124 valence electrons. The second-order valence-corrected chi connectivity index (χ2v) is 5.13. The Labute approximate surface area is 136 Å². The lowest BCUT2D eigenvalue weighted by molar-refractivity contribution is -0.686. The first-order valence-corrected chi connectivity index (χ1v) is 7.78. The first-order valence-electron chi connectivity index (χ1n) is 7.78. The fourth-order valence-corrected chi connectivity index (χ4v) is 2.18. The molecule has 0 spiro atoms. The summed E-state index contributed by atoms with van der Waals surface area (Å²) in [7, 11) is 0. The summed E-state index contributed by atoms with van der Waals surface area (Å²) in [4.78, 5) is 0. The summed E-state index contributed by atoms with van der Waals surface area (Å²) < 4.78 is 10.7. The van der Waals surface area contributed by atoms with Crippen molar-refractivity contribution in [1.82, 2.24) is 0 Å². The maximum absolute atomic E-state index is 8.72. The van der Waals surface area contributed by atoms with E-state index < -0.39 is 0 Å². The van der Waals surface area contributed by atoms with Crippen molar-refractivity contribution in [3.63, 3.8) is 0 Å². The number of aliphatic hydroxyl groups is 2. The SMILES string of the molecule is OCCOc1ccc(C[NH2+]Cc2ccc(OCCO)cc2)cc1. The van der Waals surface area contributed by atoms with Gasteiger partial charge in [0.15, 0.2) is 0 Å². The summed E-state index contributed by atoms with van der Waals surface area (Å²) in [6, 6.07) is 15.8. The maximum Gasteiger partial charge on any atom is 0.119 e. The van der Waals surface area contributed by atoms with Gasteiger partial charge in [-0.1, -0.05) is 0 Å². The Hall–Kier alpha value is -2.08. The minimum atomic E-state index is 0.0271. The van der Waals surface area contributed by atoms with Gasteiger partial charge in [0.1, 0.15) is 37.8 Å². The average molecular weight is 318 g/mol. The highest BCUT2D eigenvalue weighted by atomic mass is 16.5. The topological polar surface area (TPSA) is 75.5 Å². The van der Waals surface area contributed by atoms with Crippen molar-refractivity contribution in [2.24, 2.45) is 0 Å². The van der Waals surface area contributed by atoms with E-state index in [1.807, 2.05) is 48.5 Å². The number of hydrogen-bond acceptors (Lipinski definition) is 4. The van der Waals surface area contributed by atoms with Crippen LogP contribution in [0.1, 0.15) is 11.1 Å². The molecule has 0 aliphatic heterocycles. The van der Waals surface area contributed by atoms with Crippen molar-refractivity contribution in [2.45, 2.75) is 13.1 Å². The minimum absolute atomic E-state index is 0.0271. The molecule has 0 radical (unpaired) electrons. The predicted molar refractivity (Wildman–Crippen MR) is 87.4 cm³/mol. The highest BCUT2D eigenvalue weighted by Crippen LogP contribution is 2.12. The molecule has 2 aromatic rings. The standard InChI is InChI=1S/C18H23NO4/c20-9-11-22-17-5-1-15(2-6-17)13-19-14-16-3-7-18(8-4-16)23-12-10-21/h1-8,19-21H,9-14H2/p+1. The molecule has 4 N–H and O–H groups in total. The highest BCUT2D eigenvalue weighted by molar-refractivity contribution is 5.27. The molecule has 5 heteroatoms. The molecule has 0 saturated carbocycles. The molecule has 0 aliphatic rings. The van der Waals surface area contributed by atoms with Gasteiger partial charge in [-0.15, -0.1) is 0 Å². The van der Waals surface area contributed by atoms with Crippen LogP contribution in [-0.2, 0) is 13.1 Å². The van der Waals surface area contributed by atoms with Crippen LogP contribution in [-0.4, -0.2) is 36.6 Å². The molecule has 0 amide bonds. The van der Waals surface area contributed by atoms with Crippen LogP contribution in [0.15, 0.2) is 48.5 Å². The molecule has 0 aliphatic carbocycles. The summed E-state index contributed by atoms with van der Waals surface area (Å²) in [5.41, 5.74) is 2.45. The fraction of sp³-hybridized carbons (Fsp3) is 0.333. The van der Waals surface area contributed by atoms with Crippen LogP contribution in [0.2, 0.25) is 0 Å². The van der Waals surface area contributed by atoms with E-state index in [4.69, 9.17) is 19.7 Å². The number of benzene rings is 2. The average Bonchev–Trinajstić information content (AvgIpc) is 2.60. The lowest BCUT2D eigenvalue weighted by atomic mass is 10.2. The summed E-state index contributed by atoms with van der Waals surface area (Å²) in [6.07, 6.45) is 0. The highest BCUT2D eigenvalue weighted by Gasteiger charge is 2.00. The van der Waals surface area contributed by atoms with Crippen molar-refractivity contribution in [3.8, 4) is 11.5 Å². The third kappa shape index (κ3) is 6.28. The van der Waals surface area contributed by atoms with Gasteiger partial charge >= 0.3 is 0 Å². The Morgan fingerprint density at radius 2 is 1.04 bits per heavy atom. The molecule has 0 saturated heterocycles. The summed E-state index contributed by atoms with van der Waals surface area (Å²) in [6.45, 7) is 2.48. The van der Waals surface area contributed by atoms with E-state index in [0.29, 0.717) is 13.2 Å². The fourth-order valence-electron chi connectivity index (χ4n) is 2.18. The zero-order chi connectivity index (χ0) is 16.3. The van der Waals surface area contributed by atoms with E-state index in [9.17, 15) is 0 Å². The zero-order valence-corrected chi connectivity index (χ0v) is 13.1. The first-order chi connectivity index (χ1) is 11.3. The van der Waals surface area contributed by atoms with Crippen molar-refractivity contribution >= 4 is 0 Å². The Balaban J connectivity index is 1.73. The second-order valence-electron chi connectivity index (χ2n) is 5.13. The molecule has 0 fully saturated rings. The van der Waals surface area contributed by atoms with Crippen LogP contribution in [0.4, 0.5) is 0 Å². The van der Waals surface area contributed by atoms with Crippen LogP contribution in [0, 0.1) is 0 Å². The number of hydrogen-bond donors (Lipinski definition) is 3. The molecule has 0 unspecified atom stereocenters. The molecule has 0 atom stereocenters. The van der Waals surface area contributed by atoms with Crippen molar-refractivity contribution in [2.75, 3.05) is 26.4 Å². The summed E-state index contributed by atoms with van der Waals surface area (Å²) >= 11 is 0. The van der Waals surface area contributed by atoms with Crippen molar-refractivity contribution in [1.29, 1.82) is 0 Å². The number of quaternary nitrogens is 1. The molecule has 2 rings (SSSR count). The zero-order valence-electron chi connectivity index (χ0n) is 13.1. The molecule has 5 nitrogen and oxygen atoms in total. The minimum Gasteiger partial charge on any atom is -0.491 e. The quantitative estimate of drug-likeness (QED) is 0.602. The van der Waals surface area contributed by atoms with Gasteiger partial charge in [-0.2, -0.15) is 0 Å². The van der Waals surface area contributed by atoms with Crippen LogP contribution in [0.25, 0.3) is 0 Å². The van der Waals surface area contributed by atoms with Crippen LogP contribution >= 0.6 is 0 Å². The second kappa shape index (κ2) is 9.84. The normalized spacial score (nSPS) is 10.5. The van der Waals surface area contributed by atoms with Gasteiger partial charge in [-0.05, 0) is 48.5 Å². The van der Waals surface area contributed by atoms with Gasteiger partial charge in [0.2, 0.25) is 0 Å². The molecule has 0 heterocycles. The van der Waals surface area contributed by atoms with Crippen LogP contribution in [0.5, 0.6) is 11.5 Å². The van der Waals surface area contributed by atoms with Gasteiger partial charge in [0.05, 0.1) is 13.2 Å². The van der Waals surface area contributed by atoms with E-state index in [-0.39, 0.29) is 13.2 Å². The van der Waals surface area contributed by atoms with Gasteiger partial charge in [0.25, 0.3) is 0 Å². The Morgan fingerprint density at radius 3 is 1.39 bits per heavy atom. The number of nitrogens with two attached hydrogens (primary N) is 1. The summed E-state index contributed by atoms with van der Waals surface area (Å²) in [5.74, 6) is 1.56. The summed E-state index contributed by atoms with van der Waals surface area (Å²) in [5, 5.41) is 19.7. The van der Waals surface area contributed by atoms with Gasteiger partial charge in [0, 0.05) is 11.1 Å². The Bertz CT molecular complexity index is 503. The van der Waals surface area contributed by atoms with E-state index >= 15 is 0 Å².